The number of hydrogen-bond donors (Lipinski definition) is 1. The van der Waals surface area contributed by atoms with Crippen LogP contribution in [0.4, 0.5) is 5.69 Å². The third-order valence-corrected chi connectivity index (χ3v) is 4.20. The molecule has 0 aliphatic heterocycles. The summed E-state index contributed by atoms with van der Waals surface area (Å²) >= 11 is 0. The number of nitrogen functional groups attached to an aromatic ring is 1. The molecule has 0 unspecified atom stereocenters. The standard InChI is InChI=1S/C16H25N3/c1-5-18(6-2)9-10-19-13(4)12(3)15-11-14(17)7-8-16(15)19/h7-8,11H,5-6,9-10,17H2,1-4H3. The lowest BCUT2D eigenvalue weighted by molar-refractivity contribution is 0.291. The van der Waals surface area contributed by atoms with Crippen LogP contribution in [0, 0.1) is 13.8 Å². The summed E-state index contributed by atoms with van der Waals surface area (Å²) in [6.45, 7) is 13.2. The van der Waals surface area contributed by atoms with Crippen LogP contribution in [0.2, 0.25) is 0 Å². The van der Waals surface area contributed by atoms with Gasteiger partial charge in [0.05, 0.1) is 0 Å². The van der Waals surface area contributed by atoms with E-state index in [1.165, 1.54) is 22.2 Å². The van der Waals surface area contributed by atoms with E-state index in [1.807, 2.05) is 6.07 Å². The van der Waals surface area contributed by atoms with E-state index in [2.05, 4.69) is 49.3 Å². The summed E-state index contributed by atoms with van der Waals surface area (Å²) in [6, 6.07) is 6.23. The molecular formula is C16H25N3. The van der Waals surface area contributed by atoms with E-state index in [0.29, 0.717) is 0 Å². The van der Waals surface area contributed by atoms with Gasteiger partial charge in [0.1, 0.15) is 0 Å². The SMILES string of the molecule is CCN(CC)CCn1c(C)c(C)c2cc(N)ccc21. The summed E-state index contributed by atoms with van der Waals surface area (Å²) in [5.74, 6) is 0. The maximum Gasteiger partial charge on any atom is 0.0487 e. The summed E-state index contributed by atoms with van der Waals surface area (Å²) in [7, 11) is 0. The molecule has 0 spiro atoms. The lowest BCUT2D eigenvalue weighted by Crippen LogP contribution is -2.27. The predicted octanol–water partition coefficient (Wildman–Crippen LogP) is 3.18. The van der Waals surface area contributed by atoms with Gasteiger partial charge in [-0.25, -0.2) is 0 Å². The number of likely N-dealkylation sites (N-methyl/N-ethyl adjacent to an activating group) is 1. The fraction of sp³-hybridized carbons (Fsp3) is 0.500. The quantitative estimate of drug-likeness (QED) is 0.837. The van der Waals surface area contributed by atoms with Gasteiger partial charge in [-0.05, 0) is 50.7 Å². The molecule has 0 radical (unpaired) electrons. The van der Waals surface area contributed by atoms with Crippen LogP contribution in [0.15, 0.2) is 18.2 Å². The lowest BCUT2D eigenvalue weighted by Gasteiger charge is -2.19. The van der Waals surface area contributed by atoms with Crippen molar-refractivity contribution in [2.75, 3.05) is 25.4 Å². The zero-order valence-electron chi connectivity index (χ0n) is 12.5. The molecule has 0 saturated heterocycles. The highest BCUT2D eigenvalue weighted by Gasteiger charge is 2.11. The van der Waals surface area contributed by atoms with Crippen molar-refractivity contribution in [1.29, 1.82) is 0 Å². The summed E-state index contributed by atoms with van der Waals surface area (Å²) < 4.78 is 2.42. The molecule has 1 aromatic carbocycles. The molecule has 0 aliphatic carbocycles. The molecule has 2 aromatic rings. The second-order valence-electron chi connectivity index (χ2n) is 5.17. The average molecular weight is 259 g/mol. The van der Waals surface area contributed by atoms with E-state index in [0.717, 1.165) is 31.9 Å². The molecule has 1 heterocycles. The molecule has 0 atom stereocenters. The first kappa shape index (κ1) is 13.9. The van der Waals surface area contributed by atoms with Crippen molar-refractivity contribution in [2.24, 2.45) is 0 Å². The van der Waals surface area contributed by atoms with Crippen molar-refractivity contribution in [3.63, 3.8) is 0 Å². The largest absolute Gasteiger partial charge is 0.399 e. The number of hydrogen-bond acceptors (Lipinski definition) is 2. The Bertz CT molecular complexity index is 565. The normalized spacial score (nSPS) is 11.6. The summed E-state index contributed by atoms with van der Waals surface area (Å²) in [5.41, 5.74) is 10.7. The second-order valence-corrected chi connectivity index (χ2v) is 5.17. The fourth-order valence-electron chi connectivity index (χ4n) is 2.74. The third kappa shape index (κ3) is 2.61. The Morgan fingerprint density at radius 2 is 1.84 bits per heavy atom. The molecule has 3 heteroatoms. The zero-order chi connectivity index (χ0) is 14.0. The van der Waals surface area contributed by atoms with Crippen molar-refractivity contribution in [3.05, 3.63) is 29.5 Å². The molecule has 2 rings (SSSR count). The molecule has 104 valence electrons. The zero-order valence-corrected chi connectivity index (χ0v) is 12.5. The molecule has 0 bridgehead atoms. The van der Waals surface area contributed by atoms with Crippen LogP contribution >= 0.6 is 0 Å². The minimum absolute atomic E-state index is 0.844. The molecule has 0 saturated carbocycles. The van der Waals surface area contributed by atoms with Crippen molar-refractivity contribution in [2.45, 2.75) is 34.2 Å². The lowest BCUT2D eigenvalue weighted by atomic mass is 10.1. The summed E-state index contributed by atoms with van der Waals surface area (Å²) in [6.07, 6.45) is 0. The van der Waals surface area contributed by atoms with Gasteiger partial charge in [-0.2, -0.15) is 0 Å². The van der Waals surface area contributed by atoms with Gasteiger partial charge in [0.25, 0.3) is 0 Å². The molecule has 19 heavy (non-hydrogen) atoms. The van der Waals surface area contributed by atoms with Crippen LogP contribution < -0.4 is 5.73 Å². The number of nitrogens with zero attached hydrogens (tertiary/aromatic N) is 2. The molecule has 1 aromatic heterocycles. The van der Waals surface area contributed by atoms with Crippen LogP contribution in [0.5, 0.6) is 0 Å². The summed E-state index contributed by atoms with van der Waals surface area (Å²) in [4.78, 5) is 2.46. The predicted molar refractivity (Wildman–Crippen MR) is 83.6 cm³/mol. The number of aromatic nitrogens is 1. The number of aryl methyl sites for hydroxylation is 1. The van der Waals surface area contributed by atoms with Crippen molar-refractivity contribution in [3.8, 4) is 0 Å². The Morgan fingerprint density at radius 3 is 2.47 bits per heavy atom. The highest BCUT2D eigenvalue weighted by atomic mass is 15.1. The van der Waals surface area contributed by atoms with Crippen molar-refractivity contribution >= 4 is 16.6 Å². The van der Waals surface area contributed by atoms with Crippen LogP contribution in [0.3, 0.4) is 0 Å². The van der Waals surface area contributed by atoms with Gasteiger partial charge in [-0.1, -0.05) is 13.8 Å². The first-order valence-corrected chi connectivity index (χ1v) is 7.15. The van der Waals surface area contributed by atoms with Gasteiger partial charge in [0.2, 0.25) is 0 Å². The van der Waals surface area contributed by atoms with E-state index in [-0.39, 0.29) is 0 Å². The molecule has 0 fully saturated rings. The van der Waals surface area contributed by atoms with Gasteiger partial charge < -0.3 is 15.2 Å². The highest BCUT2D eigenvalue weighted by Crippen LogP contribution is 2.26. The van der Waals surface area contributed by atoms with Crippen LogP contribution in [0.25, 0.3) is 10.9 Å². The molecule has 0 amide bonds. The average Bonchev–Trinajstić information content (AvgIpc) is 2.64. The van der Waals surface area contributed by atoms with E-state index < -0.39 is 0 Å². The number of rotatable bonds is 5. The molecule has 3 nitrogen and oxygen atoms in total. The van der Waals surface area contributed by atoms with E-state index in [4.69, 9.17) is 5.73 Å². The Balaban J connectivity index is 2.35. The van der Waals surface area contributed by atoms with Crippen LogP contribution in [-0.4, -0.2) is 29.1 Å². The third-order valence-electron chi connectivity index (χ3n) is 4.20. The smallest absolute Gasteiger partial charge is 0.0487 e. The van der Waals surface area contributed by atoms with Gasteiger partial charge in [-0.15, -0.1) is 0 Å². The minimum atomic E-state index is 0.844. The Morgan fingerprint density at radius 1 is 1.16 bits per heavy atom. The van der Waals surface area contributed by atoms with Gasteiger partial charge in [-0.3, -0.25) is 0 Å². The van der Waals surface area contributed by atoms with Crippen molar-refractivity contribution < 1.29 is 0 Å². The number of nitrogens with two attached hydrogens (primary N) is 1. The van der Waals surface area contributed by atoms with Gasteiger partial charge >= 0.3 is 0 Å². The van der Waals surface area contributed by atoms with Crippen LogP contribution in [0.1, 0.15) is 25.1 Å². The maximum atomic E-state index is 5.90. The monoisotopic (exact) mass is 259 g/mol. The Kier molecular flexibility index (Phi) is 4.15. The topological polar surface area (TPSA) is 34.2 Å². The van der Waals surface area contributed by atoms with Gasteiger partial charge in [0, 0.05) is 35.4 Å². The van der Waals surface area contributed by atoms with E-state index >= 15 is 0 Å². The molecule has 0 aliphatic rings. The highest BCUT2D eigenvalue weighted by molar-refractivity contribution is 5.87. The number of fused-ring (bicyclic) bond motifs is 1. The van der Waals surface area contributed by atoms with Crippen LogP contribution in [-0.2, 0) is 6.54 Å². The van der Waals surface area contributed by atoms with E-state index in [9.17, 15) is 0 Å². The first-order chi connectivity index (χ1) is 9.08. The maximum absolute atomic E-state index is 5.90. The first-order valence-electron chi connectivity index (χ1n) is 7.15. The Labute approximate surface area is 116 Å². The van der Waals surface area contributed by atoms with Crippen molar-refractivity contribution in [1.82, 2.24) is 9.47 Å². The Hall–Kier alpha value is -1.48. The molecule has 2 N–H and O–H groups in total. The molecular weight excluding hydrogens is 234 g/mol. The van der Waals surface area contributed by atoms with E-state index in [1.54, 1.807) is 0 Å². The van der Waals surface area contributed by atoms with Gasteiger partial charge in [0.15, 0.2) is 0 Å². The fourth-order valence-corrected chi connectivity index (χ4v) is 2.74. The summed E-state index contributed by atoms with van der Waals surface area (Å²) in [5, 5.41) is 1.29. The second kappa shape index (κ2) is 5.66. The minimum Gasteiger partial charge on any atom is -0.399 e. The number of benzene rings is 1. The number of anilines is 1.